The molecule has 4 nitrogen and oxygen atoms in total. The molecule has 4 rings (SSSR count). The number of carbonyl (C=O) groups excluding carboxylic acids is 1. The lowest BCUT2D eigenvalue weighted by molar-refractivity contribution is 0.145. The summed E-state index contributed by atoms with van der Waals surface area (Å²) in [5.74, 6) is 1.54. The van der Waals surface area contributed by atoms with E-state index in [0.717, 1.165) is 42.9 Å². The largest absolute Gasteiger partial charge is 0.412 e. The zero-order valence-corrected chi connectivity index (χ0v) is 19.5. The Kier molecular flexibility index (Phi) is 7.61. The molecule has 0 saturated heterocycles. The average molecular weight is 449 g/mol. The lowest BCUT2D eigenvalue weighted by atomic mass is 9.75. The minimum atomic E-state index is -0.400. The predicted molar refractivity (Wildman–Crippen MR) is 131 cm³/mol. The highest BCUT2D eigenvalue weighted by Gasteiger charge is 2.29. The molecule has 3 aromatic rings. The summed E-state index contributed by atoms with van der Waals surface area (Å²) in [5, 5.41) is 5.08. The second-order valence-electron chi connectivity index (χ2n) is 9.35. The van der Waals surface area contributed by atoms with Crippen LogP contribution >= 0.6 is 0 Å². The number of ether oxygens (including phenoxy) is 1. The van der Waals surface area contributed by atoms with E-state index in [2.05, 4.69) is 24.3 Å². The molecule has 174 valence electrons. The fraction of sp³-hybridized carbons (Fsp3) is 0.393. The number of nitrogens with zero attached hydrogens (tertiary/aromatic N) is 1. The van der Waals surface area contributed by atoms with Crippen molar-refractivity contribution < 1.29 is 13.9 Å². The fourth-order valence-electron chi connectivity index (χ4n) is 5.20. The van der Waals surface area contributed by atoms with Crippen molar-refractivity contribution in [2.45, 2.75) is 38.1 Å². The van der Waals surface area contributed by atoms with E-state index in [1.807, 2.05) is 54.6 Å². The van der Waals surface area contributed by atoms with Crippen molar-refractivity contribution in [2.75, 3.05) is 20.6 Å². The quantitative estimate of drug-likeness (QED) is 0.445. The van der Waals surface area contributed by atoms with Crippen LogP contribution in [0.3, 0.4) is 0 Å². The summed E-state index contributed by atoms with van der Waals surface area (Å²) in [6.07, 6.45) is 5.15. The maximum absolute atomic E-state index is 13.4. The summed E-state index contributed by atoms with van der Waals surface area (Å²) in [6, 6.07) is 20.9. The van der Waals surface area contributed by atoms with Crippen LogP contribution in [0.2, 0.25) is 0 Å². The molecule has 5 heteroatoms. The molecular formula is C28H33FN2O2. The Morgan fingerprint density at radius 1 is 1.00 bits per heavy atom. The first-order chi connectivity index (χ1) is 16.0. The molecule has 1 amide bonds. The van der Waals surface area contributed by atoms with Crippen molar-refractivity contribution in [1.29, 1.82) is 0 Å². The zero-order valence-electron chi connectivity index (χ0n) is 19.5. The Morgan fingerprint density at radius 3 is 2.39 bits per heavy atom. The monoisotopic (exact) mass is 448 g/mol. The normalized spacial score (nSPS) is 19.4. The molecule has 1 unspecified atom stereocenters. The van der Waals surface area contributed by atoms with Gasteiger partial charge < -0.3 is 15.0 Å². The van der Waals surface area contributed by atoms with Crippen molar-refractivity contribution in [3.05, 3.63) is 78.1 Å². The lowest BCUT2D eigenvalue weighted by Crippen LogP contribution is -2.32. The number of benzene rings is 3. The third-order valence-electron chi connectivity index (χ3n) is 6.86. The molecule has 1 aliphatic carbocycles. The SMILES string of the molecule is CN(C)C(c1ccc(F)cc1)C1CCC(CCNC(=O)Oc2ccc3ccccc3c2)CC1. The van der Waals surface area contributed by atoms with Gasteiger partial charge >= 0.3 is 6.09 Å². The summed E-state index contributed by atoms with van der Waals surface area (Å²) < 4.78 is 18.8. The first kappa shape index (κ1) is 23.2. The Hall–Kier alpha value is -2.92. The molecule has 0 bridgehead atoms. The first-order valence-corrected chi connectivity index (χ1v) is 11.9. The van der Waals surface area contributed by atoms with E-state index < -0.39 is 6.09 Å². The van der Waals surface area contributed by atoms with Crippen LogP contribution in [0.5, 0.6) is 5.75 Å². The highest BCUT2D eigenvalue weighted by atomic mass is 19.1. The molecule has 1 N–H and O–H groups in total. The van der Waals surface area contributed by atoms with Gasteiger partial charge in [0.2, 0.25) is 0 Å². The Bertz CT molecular complexity index is 1060. The third-order valence-corrected chi connectivity index (χ3v) is 6.86. The van der Waals surface area contributed by atoms with Crippen LogP contribution in [0.15, 0.2) is 66.7 Å². The highest BCUT2D eigenvalue weighted by molar-refractivity contribution is 5.84. The number of halogens is 1. The standard InChI is InChI=1S/C28H33FN2O2/c1-31(2)27(23-11-14-25(29)15-12-23)22-9-7-20(8-10-22)17-18-30-28(32)33-26-16-13-21-5-3-4-6-24(21)19-26/h3-6,11-16,19-20,22,27H,7-10,17-18H2,1-2H3,(H,30,32). The fourth-order valence-corrected chi connectivity index (χ4v) is 5.20. The maximum Gasteiger partial charge on any atom is 0.412 e. The average Bonchev–Trinajstić information content (AvgIpc) is 2.81. The van der Waals surface area contributed by atoms with Gasteiger partial charge in [-0.15, -0.1) is 0 Å². The van der Waals surface area contributed by atoms with Gasteiger partial charge in [-0.1, -0.05) is 55.3 Å². The molecule has 0 spiro atoms. The van der Waals surface area contributed by atoms with Gasteiger partial charge in [0.1, 0.15) is 11.6 Å². The minimum Gasteiger partial charge on any atom is -0.410 e. The predicted octanol–water partition coefficient (Wildman–Crippen LogP) is 6.57. The Morgan fingerprint density at radius 2 is 1.70 bits per heavy atom. The molecule has 0 aliphatic heterocycles. The van der Waals surface area contributed by atoms with E-state index >= 15 is 0 Å². The second-order valence-corrected chi connectivity index (χ2v) is 9.35. The number of hydrogen-bond donors (Lipinski definition) is 1. The molecule has 1 aliphatic rings. The van der Waals surface area contributed by atoms with Gasteiger partial charge in [0.15, 0.2) is 0 Å². The van der Waals surface area contributed by atoms with Crippen LogP contribution in [0, 0.1) is 17.7 Å². The van der Waals surface area contributed by atoms with Crippen LogP contribution < -0.4 is 10.1 Å². The van der Waals surface area contributed by atoms with E-state index in [1.165, 1.54) is 5.56 Å². The zero-order chi connectivity index (χ0) is 23.2. The summed E-state index contributed by atoms with van der Waals surface area (Å²) >= 11 is 0. The van der Waals surface area contributed by atoms with Crippen LogP contribution in [-0.4, -0.2) is 31.6 Å². The van der Waals surface area contributed by atoms with Crippen molar-refractivity contribution in [2.24, 2.45) is 11.8 Å². The van der Waals surface area contributed by atoms with Gasteiger partial charge in [0.05, 0.1) is 0 Å². The van der Waals surface area contributed by atoms with Gasteiger partial charge in [-0.2, -0.15) is 0 Å². The van der Waals surface area contributed by atoms with Crippen molar-refractivity contribution >= 4 is 16.9 Å². The maximum atomic E-state index is 13.4. The van der Waals surface area contributed by atoms with Crippen molar-refractivity contribution in [1.82, 2.24) is 10.2 Å². The first-order valence-electron chi connectivity index (χ1n) is 11.9. The third kappa shape index (κ3) is 6.11. The number of fused-ring (bicyclic) bond motifs is 1. The molecule has 3 aromatic carbocycles. The molecule has 1 fully saturated rings. The molecule has 33 heavy (non-hydrogen) atoms. The molecule has 0 heterocycles. The van der Waals surface area contributed by atoms with Gasteiger partial charge in [-0.3, -0.25) is 0 Å². The van der Waals surface area contributed by atoms with E-state index in [4.69, 9.17) is 4.74 Å². The van der Waals surface area contributed by atoms with Crippen LogP contribution in [0.1, 0.15) is 43.7 Å². The van der Waals surface area contributed by atoms with Gasteiger partial charge in [0.25, 0.3) is 0 Å². The minimum absolute atomic E-state index is 0.188. The van der Waals surface area contributed by atoms with Gasteiger partial charge in [0, 0.05) is 12.6 Å². The number of hydrogen-bond acceptors (Lipinski definition) is 3. The molecular weight excluding hydrogens is 415 g/mol. The van der Waals surface area contributed by atoms with E-state index in [0.29, 0.717) is 30.2 Å². The smallest absolute Gasteiger partial charge is 0.410 e. The van der Waals surface area contributed by atoms with E-state index in [-0.39, 0.29) is 5.82 Å². The van der Waals surface area contributed by atoms with Crippen LogP contribution in [0.25, 0.3) is 10.8 Å². The Labute approximate surface area is 195 Å². The van der Waals surface area contributed by atoms with E-state index in [9.17, 15) is 9.18 Å². The molecule has 1 atom stereocenters. The van der Waals surface area contributed by atoms with Crippen molar-refractivity contribution in [3.8, 4) is 5.75 Å². The molecule has 0 radical (unpaired) electrons. The van der Waals surface area contributed by atoms with E-state index in [1.54, 1.807) is 12.1 Å². The summed E-state index contributed by atoms with van der Waals surface area (Å²) in [4.78, 5) is 14.5. The summed E-state index contributed by atoms with van der Waals surface area (Å²) in [6.45, 7) is 0.622. The second kappa shape index (κ2) is 10.8. The summed E-state index contributed by atoms with van der Waals surface area (Å²) in [5.41, 5.74) is 1.18. The van der Waals surface area contributed by atoms with Gasteiger partial charge in [-0.25, -0.2) is 9.18 Å². The molecule has 1 saturated carbocycles. The van der Waals surface area contributed by atoms with Gasteiger partial charge in [-0.05, 0) is 85.8 Å². The van der Waals surface area contributed by atoms with Crippen LogP contribution in [0.4, 0.5) is 9.18 Å². The van der Waals surface area contributed by atoms with Crippen molar-refractivity contribution in [3.63, 3.8) is 0 Å². The van der Waals surface area contributed by atoms with Crippen LogP contribution in [-0.2, 0) is 0 Å². The number of nitrogens with one attached hydrogen (secondary N) is 1. The lowest BCUT2D eigenvalue weighted by Gasteiger charge is -2.37. The highest BCUT2D eigenvalue weighted by Crippen LogP contribution is 2.40. The molecule has 0 aromatic heterocycles. The summed E-state index contributed by atoms with van der Waals surface area (Å²) in [7, 11) is 4.20. The number of carbonyl (C=O) groups is 1. The number of amides is 1. The Balaban J connectivity index is 1.22. The number of rotatable bonds is 7. The topological polar surface area (TPSA) is 41.6 Å².